The van der Waals surface area contributed by atoms with Gasteiger partial charge in [-0.15, -0.1) is 0 Å². The molecule has 0 heterocycles. The minimum Gasteiger partial charge on any atom is -0.279 e. The molecule has 0 amide bonds. The normalized spacial score (nSPS) is 9.44. The Kier molecular flexibility index (Phi) is 3.60. The van der Waals surface area contributed by atoms with Crippen LogP contribution in [-0.4, -0.2) is 5.78 Å². The van der Waals surface area contributed by atoms with Gasteiger partial charge in [0.1, 0.15) is 0 Å². The molecule has 0 bridgehead atoms. The van der Waals surface area contributed by atoms with Crippen LogP contribution in [0.15, 0.2) is 48.5 Å². The fourth-order valence-corrected chi connectivity index (χ4v) is 1.66. The van der Waals surface area contributed by atoms with Gasteiger partial charge in [-0.25, -0.2) is 0 Å². The van der Waals surface area contributed by atoms with Crippen LogP contribution >= 0.6 is 0 Å². The first-order valence-corrected chi connectivity index (χ1v) is 5.85. The predicted octanol–water partition coefficient (Wildman–Crippen LogP) is 3.54. The molecule has 88 valence electrons. The molecule has 2 rings (SSSR count). The first-order valence-electron chi connectivity index (χ1n) is 5.85. The number of hydrogen-bond donors (Lipinski definition) is 0. The molecule has 0 radical (unpaired) electrons. The monoisotopic (exact) mass is 234 g/mol. The molecule has 2 aromatic carbocycles. The number of Topliss-reactive ketones (excluding diaryl/α,β-unsaturated/α-hetero) is 1. The van der Waals surface area contributed by atoms with E-state index in [4.69, 9.17) is 0 Å². The zero-order valence-electron chi connectivity index (χ0n) is 10.5. The average molecular weight is 234 g/mol. The van der Waals surface area contributed by atoms with Gasteiger partial charge in [0.05, 0.1) is 0 Å². The molecule has 0 saturated carbocycles. The quantitative estimate of drug-likeness (QED) is 0.545. The molecule has 0 saturated heterocycles. The van der Waals surface area contributed by atoms with Gasteiger partial charge in [-0.1, -0.05) is 48.4 Å². The summed E-state index contributed by atoms with van der Waals surface area (Å²) in [6, 6.07) is 15.2. The van der Waals surface area contributed by atoms with Gasteiger partial charge in [-0.2, -0.15) is 0 Å². The van der Waals surface area contributed by atoms with E-state index in [0.29, 0.717) is 5.56 Å². The summed E-state index contributed by atoms with van der Waals surface area (Å²) in [6.45, 7) is 4.01. The third-order valence-corrected chi connectivity index (χ3v) is 2.74. The molecule has 0 aromatic heterocycles. The minimum atomic E-state index is -0.142. The Balaban J connectivity index is 2.27. The summed E-state index contributed by atoms with van der Waals surface area (Å²) in [5, 5.41) is 0. The van der Waals surface area contributed by atoms with Crippen molar-refractivity contribution in [1.29, 1.82) is 0 Å². The van der Waals surface area contributed by atoms with Crippen LogP contribution in [0, 0.1) is 25.7 Å². The second-order valence-electron chi connectivity index (χ2n) is 4.26. The number of benzene rings is 2. The number of carbonyl (C=O) groups is 1. The summed E-state index contributed by atoms with van der Waals surface area (Å²) in [5.41, 5.74) is 3.79. The van der Waals surface area contributed by atoms with Crippen LogP contribution in [0.25, 0.3) is 0 Å². The maximum absolute atomic E-state index is 11.8. The lowest BCUT2D eigenvalue weighted by Gasteiger charge is -1.98. The fraction of sp³-hybridized carbons (Fsp3) is 0.118. The number of rotatable bonds is 1. The van der Waals surface area contributed by atoms with Crippen LogP contribution in [0.1, 0.15) is 27.0 Å². The summed E-state index contributed by atoms with van der Waals surface area (Å²) >= 11 is 0. The Labute approximate surface area is 107 Å². The third kappa shape index (κ3) is 2.87. The second kappa shape index (κ2) is 5.33. The topological polar surface area (TPSA) is 17.1 Å². The van der Waals surface area contributed by atoms with E-state index in [-0.39, 0.29) is 5.78 Å². The summed E-state index contributed by atoms with van der Waals surface area (Å²) in [5.74, 6) is 5.50. The third-order valence-electron chi connectivity index (χ3n) is 2.74. The zero-order valence-corrected chi connectivity index (χ0v) is 10.5. The lowest BCUT2D eigenvalue weighted by molar-refractivity contribution is 0.105. The van der Waals surface area contributed by atoms with E-state index in [1.54, 1.807) is 12.1 Å². The summed E-state index contributed by atoms with van der Waals surface area (Å²) < 4.78 is 0. The van der Waals surface area contributed by atoms with Gasteiger partial charge in [0.2, 0.25) is 5.78 Å². The highest BCUT2D eigenvalue weighted by molar-refractivity contribution is 6.09. The van der Waals surface area contributed by atoms with E-state index in [1.165, 1.54) is 0 Å². The van der Waals surface area contributed by atoms with E-state index in [0.717, 1.165) is 16.7 Å². The molecule has 2 aromatic rings. The zero-order chi connectivity index (χ0) is 13.0. The molecular formula is C17H14O. The number of aryl methyl sites for hydroxylation is 2. The Hall–Kier alpha value is -2.33. The van der Waals surface area contributed by atoms with Gasteiger partial charge in [0.15, 0.2) is 0 Å². The van der Waals surface area contributed by atoms with Crippen molar-refractivity contribution in [3.63, 3.8) is 0 Å². The van der Waals surface area contributed by atoms with Crippen LogP contribution in [0.2, 0.25) is 0 Å². The summed E-state index contributed by atoms with van der Waals surface area (Å²) in [6.07, 6.45) is 0. The molecule has 0 fully saturated rings. The predicted molar refractivity (Wildman–Crippen MR) is 73.6 cm³/mol. The first kappa shape index (κ1) is 12.1. The van der Waals surface area contributed by atoms with E-state index >= 15 is 0 Å². The van der Waals surface area contributed by atoms with Gasteiger partial charge in [0, 0.05) is 11.1 Å². The molecule has 0 atom stereocenters. The van der Waals surface area contributed by atoms with Crippen molar-refractivity contribution < 1.29 is 4.79 Å². The van der Waals surface area contributed by atoms with Crippen LogP contribution in [0.5, 0.6) is 0 Å². The minimum absolute atomic E-state index is 0.142. The van der Waals surface area contributed by atoms with Crippen molar-refractivity contribution in [3.8, 4) is 11.8 Å². The van der Waals surface area contributed by atoms with Crippen molar-refractivity contribution in [3.05, 3.63) is 70.8 Å². The number of ketones is 1. The van der Waals surface area contributed by atoms with Crippen molar-refractivity contribution in [2.45, 2.75) is 13.8 Å². The van der Waals surface area contributed by atoms with Gasteiger partial charge >= 0.3 is 0 Å². The average Bonchev–Trinajstić information content (AvgIpc) is 2.40. The maximum atomic E-state index is 11.8. The van der Waals surface area contributed by atoms with E-state index in [2.05, 4.69) is 11.8 Å². The second-order valence-corrected chi connectivity index (χ2v) is 4.26. The van der Waals surface area contributed by atoms with Crippen LogP contribution in [0.4, 0.5) is 0 Å². The van der Waals surface area contributed by atoms with Crippen molar-refractivity contribution in [1.82, 2.24) is 0 Å². The van der Waals surface area contributed by atoms with E-state index < -0.39 is 0 Å². The molecule has 0 spiro atoms. The fourth-order valence-electron chi connectivity index (χ4n) is 1.66. The van der Waals surface area contributed by atoms with E-state index in [9.17, 15) is 4.79 Å². The summed E-state index contributed by atoms with van der Waals surface area (Å²) in [7, 11) is 0. The number of hydrogen-bond acceptors (Lipinski definition) is 1. The molecule has 1 heteroatoms. The first-order chi connectivity index (χ1) is 8.66. The van der Waals surface area contributed by atoms with Crippen molar-refractivity contribution in [2.75, 3.05) is 0 Å². The summed E-state index contributed by atoms with van der Waals surface area (Å²) in [4.78, 5) is 11.8. The van der Waals surface area contributed by atoms with Crippen molar-refractivity contribution in [2.24, 2.45) is 0 Å². The SMILES string of the molecule is Cc1ccc(C)c(C#CC(=O)c2ccccc2)c1. The smallest absolute Gasteiger partial charge is 0.236 e. The van der Waals surface area contributed by atoms with Gasteiger partial charge in [-0.3, -0.25) is 4.79 Å². The van der Waals surface area contributed by atoms with Crippen LogP contribution < -0.4 is 0 Å². The Bertz CT molecular complexity index is 628. The molecule has 0 unspecified atom stereocenters. The lowest BCUT2D eigenvalue weighted by atomic mass is 10.1. The highest BCUT2D eigenvalue weighted by Crippen LogP contribution is 2.09. The standard InChI is InChI=1S/C17H14O/c1-13-8-9-14(2)16(12-13)10-11-17(18)15-6-4-3-5-7-15/h3-9,12H,1-2H3. The van der Waals surface area contributed by atoms with Gasteiger partial charge in [0.25, 0.3) is 0 Å². The molecule has 18 heavy (non-hydrogen) atoms. The Morgan fingerprint density at radius 1 is 1.00 bits per heavy atom. The largest absolute Gasteiger partial charge is 0.279 e. The molecular weight excluding hydrogens is 220 g/mol. The molecule has 0 N–H and O–H groups in total. The van der Waals surface area contributed by atoms with Crippen molar-refractivity contribution >= 4 is 5.78 Å². The lowest BCUT2D eigenvalue weighted by Crippen LogP contribution is -1.94. The molecule has 0 aliphatic carbocycles. The van der Waals surface area contributed by atoms with Crippen LogP contribution in [-0.2, 0) is 0 Å². The highest BCUT2D eigenvalue weighted by Gasteiger charge is 2.00. The molecule has 0 aliphatic heterocycles. The van der Waals surface area contributed by atoms with E-state index in [1.807, 2.05) is 50.2 Å². The molecule has 0 aliphatic rings. The van der Waals surface area contributed by atoms with Crippen LogP contribution in [0.3, 0.4) is 0 Å². The Morgan fingerprint density at radius 2 is 1.72 bits per heavy atom. The molecule has 1 nitrogen and oxygen atoms in total. The maximum Gasteiger partial charge on any atom is 0.236 e. The van der Waals surface area contributed by atoms with Gasteiger partial charge in [-0.05, 0) is 37.0 Å². The van der Waals surface area contributed by atoms with Gasteiger partial charge < -0.3 is 0 Å². The Morgan fingerprint density at radius 3 is 2.44 bits per heavy atom. The number of carbonyl (C=O) groups excluding carboxylic acids is 1. The highest BCUT2D eigenvalue weighted by atomic mass is 16.1.